The van der Waals surface area contributed by atoms with Gasteiger partial charge in [0.2, 0.25) is 5.91 Å². The molecule has 1 spiro atoms. The van der Waals surface area contributed by atoms with Gasteiger partial charge < -0.3 is 14.5 Å². The first kappa shape index (κ1) is 20.2. The molecule has 1 aromatic carbocycles. The molecule has 0 N–H and O–H groups in total. The van der Waals surface area contributed by atoms with E-state index in [-0.39, 0.29) is 23.1 Å². The Morgan fingerprint density at radius 2 is 2.00 bits per heavy atom. The van der Waals surface area contributed by atoms with Crippen molar-refractivity contribution in [3.05, 3.63) is 34.3 Å². The van der Waals surface area contributed by atoms with Crippen molar-refractivity contribution in [3.8, 4) is 0 Å². The third kappa shape index (κ3) is 3.72. The second kappa shape index (κ2) is 8.19. The third-order valence-corrected chi connectivity index (χ3v) is 6.68. The van der Waals surface area contributed by atoms with E-state index in [2.05, 4.69) is 0 Å². The Kier molecular flexibility index (Phi) is 6.11. The van der Waals surface area contributed by atoms with Crippen LogP contribution in [-0.2, 0) is 9.53 Å². The molecule has 0 aromatic heterocycles. The number of amides is 2. The topological polar surface area (TPSA) is 49.9 Å². The van der Waals surface area contributed by atoms with Gasteiger partial charge in [-0.3, -0.25) is 9.59 Å². The van der Waals surface area contributed by atoms with Gasteiger partial charge in [0.15, 0.2) is 0 Å². The van der Waals surface area contributed by atoms with E-state index in [1.807, 2.05) is 42.7 Å². The molecule has 0 aliphatic carbocycles. The normalized spacial score (nSPS) is 21.9. The number of likely N-dealkylation sites (tertiary alicyclic amines) is 2. The first-order valence-electron chi connectivity index (χ1n) is 9.84. The fourth-order valence-corrected chi connectivity index (χ4v) is 4.65. The van der Waals surface area contributed by atoms with Crippen LogP contribution in [0.4, 0.5) is 0 Å². The average Bonchev–Trinajstić information content (AvgIpc) is 2.93. The molecule has 2 heterocycles. The summed E-state index contributed by atoms with van der Waals surface area (Å²) < 4.78 is 5.64. The molecule has 3 rings (SSSR count). The van der Waals surface area contributed by atoms with Gasteiger partial charge in [-0.05, 0) is 51.3 Å². The summed E-state index contributed by atoms with van der Waals surface area (Å²) in [6.07, 6.45) is 1.66. The highest BCUT2D eigenvalue weighted by atomic mass is 35.5. The molecule has 6 heteroatoms. The van der Waals surface area contributed by atoms with Crippen LogP contribution in [0.5, 0.6) is 0 Å². The smallest absolute Gasteiger partial charge is 0.254 e. The summed E-state index contributed by atoms with van der Waals surface area (Å²) in [5, 5.41) is 0.617. The summed E-state index contributed by atoms with van der Waals surface area (Å²) >= 11 is 6.18. The van der Waals surface area contributed by atoms with E-state index in [0.29, 0.717) is 36.9 Å². The number of carbonyl (C=O) groups excluding carboxylic acids is 2. The second-order valence-electron chi connectivity index (χ2n) is 7.63. The minimum Gasteiger partial charge on any atom is -0.381 e. The van der Waals surface area contributed by atoms with Crippen LogP contribution in [0.15, 0.2) is 18.2 Å². The maximum absolute atomic E-state index is 13.0. The number of rotatable bonds is 5. The van der Waals surface area contributed by atoms with Crippen molar-refractivity contribution in [2.75, 3.05) is 39.4 Å². The summed E-state index contributed by atoms with van der Waals surface area (Å²) in [6, 6.07) is 5.46. The molecule has 1 atom stereocenters. The molecule has 5 nitrogen and oxygen atoms in total. The third-order valence-electron chi connectivity index (χ3n) is 6.27. The van der Waals surface area contributed by atoms with Crippen molar-refractivity contribution in [2.45, 2.75) is 33.6 Å². The van der Waals surface area contributed by atoms with Gasteiger partial charge in [-0.1, -0.05) is 17.7 Å². The molecule has 0 bridgehead atoms. The van der Waals surface area contributed by atoms with Gasteiger partial charge in [-0.2, -0.15) is 0 Å². The number of ether oxygens (including phenoxy) is 1. The molecule has 27 heavy (non-hydrogen) atoms. The Hall–Kier alpha value is -1.59. The molecular weight excluding hydrogens is 364 g/mol. The Morgan fingerprint density at radius 3 is 2.63 bits per heavy atom. The first-order valence-corrected chi connectivity index (χ1v) is 10.2. The average molecular weight is 393 g/mol. The fourth-order valence-electron chi connectivity index (χ4n) is 4.47. The van der Waals surface area contributed by atoms with Crippen LogP contribution >= 0.6 is 11.6 Å². The monoisotopic (exact) mass is 392 g/mol. The molecule has 2 aliphatic heterocycles. The number of halogens is 1. The van der Waals surface area contributed by atoms with Gasteiger partial charge in [0.05, 0.1) is 12.5 Å². The lowest BCUT2D eigenvalue weighted by Crippen LogP contribution is -2.47. The van der Waals surface area contributed by atoms with Crippen LogP contribution in [-0.4, -0.2) is 61.0 Å². The van der Waals surface area contributed by atoms with Gasteiger partial charge >= 0.3 is 0 Å². The van der Waals surface area contributed by atoms with Crippen molar-refractivity contribution >= 4 is 23.4 Å². The van der Waals surface area contributed by atoms with Crippen molar-refractivity contribution in [1.82, 2.24) is 9.80 Å². The number of carbonyl (C=O) groups is 2. The molecule has 0 saturated carbocycles. The summed E-state index contributed by atoms with van der Waals surface area (Å²) in [5.41, 5.74) is 1.41. The van der Waals surface area contributed by atoms with E-state index in [4.69, 9.17) is 16.3 Å². The minimum atomic E-state index is -0.0949. The molecule has 2 fully saturated rings. The highest BCUT2D eigenvalue weighted by molar-refractivity contribution is 6.31. The second-order valence-corrected chi connectivity index (χ2v) is 8.04. The molecule has 2 amide bonds. The zero-order valence-corrected chi connectivity index (χ0v) is 17.2. The lowest BCUT2D eigenvalue weighted by atomic mass is 9.71. The SMILES string of the molecule is CCOCC1C(=O)N(CC)CC12CCN(C(=O)c1cccc(Cl)c1C)CC2. The van der Waals surface area contributed by atoms with Crippen LogP contribution in [0.25, 0.3) is 0 Å². The maximum Gasteiger partial charge on any atom is 0.254 e. The van der Waals surface area contributed by atoms with E-state index in [1.165, 1.54) is 0 Å². The van der Waals surface area contributed by atoms with E-state index in [9.17, 15) is 9.59 Å². The van der Waals surface area contributed by atoms with Crippen LogP contribution in [0.1, 0.15) is 42.6 Å². The first-order chi connectivity index (χ1) is 12.9. The molecule has 2 aliphatic rings. The van der Waals surface area contributed by atoms with E-state index in [0.717, 1.165) is 31.5 Å². The van der Waals surface area contributed by atoms with Crippen molar-refractivity contribution in [1.29, 1.82) is 0 Å². The van der Waals surface area contributed by atoms with Gasteiger partial charge in [-0.15, -0.1) is 0 Å². The van der Waals surface area contributed by atoms with Crippen LogP contribution < -0.4 is 0 Å². The minimum absolute atomic E-state index is 0.0304. The number of benzene rings is 1. The van der Waals surface area contributed by atoms with Gasteiger partial charge in [0.1, 0.15) is 0 Å². The van der Waals surface area contributed by atoms with Crippen molar-refractivity contribution < 1.29 is 14.3 Å². The molecule has 0 radical (unpaired) electrons. The molecule has 1 aromatic rings. The Labute approximate surface area is 166 Å². The Morgan fingerprint density at radius 1 is 1.30 bits per heavy atom. The zero-order valence-electron chi connectivity index (χ0n) is 16.5. The maximum atomic E-state index is 13.0. The van der Waals surface area contributed by atoms with Crippen LogP contribution in [0, 0.1) is 18.3 Å². The van der Waals surface area contributed by atoms with E-state index in [1.54, 1.807) is 6.07 Å². The Balaban J connectivity index is 1.74. The summed E-state index contributed by atoms with van der Waals surface area (Å²) in [7, 11) is 0. The number of hydrogen-bond acceptors (Lipinski definition) is 3. The van der Waals surface area contributed by atoms with E-state index < -0.39 is 0 Å². The zero-order chi connectivity index (χ0) is 19.6. The lowest BCUT2D eigenvalue weighted by molar-refractivity contribution is -0.133. The Bertz CT molecular complexity index is 713. The molecule has 2 saturated heterocycles. The number of nitrogens with zero attached hydrogens (tertiary/aromatic N) is 2. The van der Waals surface area contributed by atoms with Crippen molar-refractivity contribution in [2.24, 2.45) is 11.3 Å². The van der Waals surface area contributed by atoms with Crippen LogP contribution in [0.2, 0.25) is 5.02 Å². The lowest BCUT2D eigenvalue weighted by Gasteiger charge is -2.41. The number of hydrogen-bond donors (Lipinski definition) is 0. The quantitative estimate of drug-likeness (QED) is 0.771. The summed E-state index contributed by atoms with van der Waals surface area (Å²) in [4.78, 5) is 29.6. The standard InChI is InChI=1S/C21H29ClN2O3/c1-4-23-14-21(17(20(23)26)13-27-5-2)9-11-24(12-10-21)19(25)16-7-6-8-18(22)15(16)3/h6-8,17H,4-5,9-14H2,1-3H3. The highest BCUT2D eigenvalue weighted by Gasteiger charge is 2.53. The highest BCUT2D eigenvalue weighted by Crippen LogP contribution is 2.45. The fraction of sp³-hybridized carbons (Fsp3) is 0.619. The van der Waals surface area contributed by atoms with Gasteiger partial charge in [0, 0.05) is 48.8 Å². The predicted octanol–water partition coefficient (Wildman–Crippen LogP) is 3.39. The molecular formula is C21H29ClN2O3. The van der Waals surface area contributed by atoms with Crippen LogP contribution in [0.3, 0.4) is 0 Å². The van der Waals surface area contributed by atoms with Crippen molar-refractivity contribution in [3.63, 3.8) is 0 Å². The van der Waals surface area contributed by atoms with E-state index >= 15 is 0 Å². The van der Waals surface area contributed by atoms with Gasteiger partial charge in [0.25, 0.3) is 5.91 Å². The largest absolute Gasteiger partial charge is 0.381 e. The summed E-state index contributed by atoms with van der Waals surface area (Å²) in [6.45, 7) is 9.79. The molecule has 148 valence electrons. The predicted molar refractivity (Wildman–Crippen MR) is 106 cm³/mol. The molecule has 1 unspecified atom stereocenters. The summed E-state index contributed by atoms with van der Waals surface area (Å²) in [5.74, 6) is 0.141. The van der Waals surface area contributed by atoms with Gasteiger partial charge in [-0.25, -0.2) is 0 Å². The number of piperidine rings is 1.